The van der Waals surface area contributed by atoms with Gasteiger partial charge >= 0.3 is 5.97 Å². The molecule has 0 N–H and O–H groups in total. The molecule has 0 unspecified atom stereocenters. The minimum absolute atomic E-state index is 0.0593. The molecule has 0 bridgehead atoms. The molecule has 0 spiro atoms. The molecule has 2 aliphatic rings. The second kappa shape index (κ2) is 6.91. The fourth-order valence-electron chi connectivity index (χ4n) is 3.72. The highest BCUT2D eigenvalue weighted by Gasteiger charge is 2.55. The zero-order valence-electron chi connectivity index (χ0n) is 13.9. The smallest absolute Gasteiger partial charge is 0.331 e. The number of fused-ring (bicyclic) bond motifs is 1. The van der Waals surface area contributed by atoms with Crippen molar-refractivity contribution >= 4 is 34.3 Å². The highest BCUT2D eigenvalue weighted by atomic mass is 32.2. The fourth-order valence-corrected chi connectivity index (χ4v) is 4.10. The Morgan fingerprint density at radius 1 is 1.50 bits per heavy atom. The van der Waals surface area contributed by atoms with Crippen LogP contribution < -0.4 is 0 Å². The van der Waals surface area contributed by atoms with Crippen molar-refractivity contribution < 1.29 is 14.3 Å². The number of ether oxygens (including phenoxy) is 2. The van der Waals surface area contributed by atoms with Gasteiger partial charge in [0.1, 0.15) is 6.10 Å². The SMILES string of the molecule is CCCC[C@@H]1OC(=O)C=C2C(C)(C)CCC[C@@]21OC(=S)SC. The Kier molecular flexibility index (Phi) is 5.59. The van der Waals surface area contributed by atoms with Crippen molar-refractivity contribution in [1.29, 1.82) is 0 Å². The van der Waals surface area contributed by atoms with Crippen molar-refractivity contribution in [3.8, 4) is 0 Å². The van der Waals surface area contributed by atoms with Crippen molar-refractivity contribution in [2.75, 3.05) is 6.26 Å². The molecule has 0 radical (unpaired) electrons. The molecule has 5 heteroatoms. The van der Waals surface area contributed by atoms with Gasteiger partial charge in [-0.2, -0.15) is 0 Å². The molecular weight excluding hydrogens is 316 g/mol. The van der Waals surface area contributed by atoms with Crippen LogP contribution in [0.5, 0.6) is 0 Å². The number of unbranched alkanes of at least 4 members (excludes halogenated alkanes) is 1. The quantitative estimate of drug-likeness (QED) is 0.549. The van der Waals surface area contributed by atoms with Gasteiger partial charge in [0.05, 0.1) is 0 Å². The van der Waals surface area contributed by atoms with E-state index in [-0.39, 0.29) is 17.5 Å². The van der Waals surface area contributed by atoms with Crippen LogP contribution in [0.2, 0.25) is 0 Å². The first-order chi connectivity index (χ1) is 10.4. The van der Waals surface area contributed by atoms with E-state index in [1.165, 1.54) is 11.8 Å². The van der Waals surface area contributed by atoms with E-state index in [1.54, 1.807) is 6.08 Å². The molecular formula is C17H26O3S2. The maximum absolute atomic E-state index is 12.1. The predicted molar refractivity (Wildman–Crippen MR) is 95.0 cm³/mol. The van der Waals surface area contributed by atoms with E-state index >= 15 is 0 Å². The van der Waals surface area contributed by atoms with Crippen LogP contribution in [0.3, 0.4) is 0 Å². The Morgan fingerprint density at radius 2 is 2.23 bits per heavy atom. The van der Waals surface area contributed by atoms with Gasteiger partial charge in [-0.25, -0.2) is 4.79 Å². The molecule has 1 saturated carbocycles. The Bertz CT molecular complexity index is 484. The van der Waals surface area contributed by atoms with Gasteiger partial charge in [-0.05, 0) is 61.6 Å². The van der Waals surface area contributed by atoms with Gasteiger partial charge in [0, 0.05) is 6.08 Å². The van der Waals surface area contributed by atoms with Crippen molar-refractivity contribution in [3.05, 3.63) is 11.6 Å². The summed E-state index contributed by atoms with van der Waals surface area (Å²) in [6.07, 6.45) is 9.24. The van der Waals surface area contributed by atoms with E-state index in [2.05, 4.69) is 20.8 Å². The molecule has 1 aliphatic carbocycles. The summed E-state index contributed by atoms with van der Waals surface area (Å²) in [7, 11) is 0. The first-order valence-electron chi connectivity index (χ1n) is 8.06. The number of cyclic esters (lactones) is 1. The number of esters is 1. The van der Waals surface area contributed by atoms with Gasteiger partial charge in [0.25, 0.3) is 0 Å². The molecule has 0 amide bonds. The van der Waals surface area contributed by atoms with E-state index in [4.69, 9.17) is 21.7 Å². The van der Waals surface area contributed by atoms with Gasteiger partial charge in [-0.1, -0.05) is 39.0 Å². The molecule has 1 fully saturated rings. The summed E-state index contributed by atoms with van der Waals surface area (Å²) in [5, 5.41) is 0. The fraction of sp³-hybridized carbons (Fsp3) is 0.765. The first kappa shape index (κ1) is 17.8. The van der Waals surface area contributed by atoms with E-state index < -0.39 is 5.60 Å². The average Bonchev–Trinajstić information content (AvgIpc) is 2.46. The standard InChI is InChI=1S/C17H26O3S2/c1-5-6-8-13-17(20-15(21)22-4)10-7-9-16(2,3)12(17)11-14(18)19-13/h11,13H,5-10H2,1-4H3/t13-,17+/m0/s1. The monoisotopic (exact) mass is 342 g/mol. The van der Waals surface area contributed by atoms with Crippen LogP contribution in [-0.2, 0) is 14.3 Å². The molecule has 0 aromatic carbocycles. The number of carbonyl (C=O) groups excluding carboxylic acids is 1. The van der Waals surface area contributed by atoms with Crippen LogP contribution in [0.15, 0.2) is 11.6 Å². The Morgan fingerprint density at radius 3 is 2.86 bits per heavy atom. The largest absolute Gasteiger partial charge is 0.463 e. The number of thiocarbonyl (C=S) groups is 1. The number of thioether (sulfide) groups is 1. The average molecular weight is 343 g/mol. The lowest BCUT2D eigenvalue weighted by atomic mass is 9.62. The molecule has 0 aromatic rings. The topological polar surface area (TPSA) is 35.5 Å². The number of rotatable bonds is 4. The normalized spacial score (nSPS) is 30.1. The van der Waals surface area contributed by atoms with Crippen molar-refractivity contribution in [2.45, 2.75) is 71.0 Å². The summed E-state index contributed by atoms with van der Waals surface area (Å²) < 4.78 is 12.5. The molecule has 3 nitrogen and oxygen atoms in total. The number of carbonyl (C=O) groups is 1. The van der Waals surface area contributed by atoms with Gasteiger partial charge in [0.2, 0.25) is 4.38 Å². The second-order valence-corrected chi connectivity index (χ2v) is 8.22. The minimum atomic E-state index is -0.565. The third-order valence-electron chi connectivity index (χ3n) is 4.83. The van der Waals surface area contributed by atoms with Gasteiger partial charge < -0.3 is 9.47 Å². The Balaban J connectivity index is 2.45. The minimum Gasteiger partial charge on any atom is -0.463 e. The van der Waals surface area contributed by atoms with Crippen molar-refractivity contribution in [1.82, 2.24) is 0 Å². The van der Waals surface area contributed by atoms with Crippen LogP contribution in [0.25, 0.3) is 0 Å². The molecule has 0 saturated heterocycles. The summed E-state index contributed by atoms with van der Waals surface area (Å²) >= 11 is 6.78. The van der Waals surface area contributed by atoms with E-state index in [1.807, 2.05) is 6.26 Å². The predicted octanol–water partition coefficient (Wildman–Crippen LogP) is 4.64. The van der Waals surface area contributed by atoms with Crippen molar-refractivity contribution in [3.63, 3.8) is 0 Å². The highest BCUT2D eigenvalue weighted by Crippen LogP contribution is 2.52. The third kappa shape index (κ3) is 3.35. The summed E-state index contributed by atoms with van der Waals surface area (Å²) in [4.78, 5) is 12.1. The highest BCUT2D eigenvalue weighted by molar-refractivity contribution is 8.22. The molecule has 2 rings (SSSR count). The second-order valence-electron chi connectivity index (χ2n) is 6.81. The van der Waals surface area contributed by atoms with E-state index in [0.29, 0.717) is 4.38 Å². The Labute approximate surface area is 143 Å². The van der Waals surface area contributed by atoms with Gasteiger partial charge in [0.15, 0.2) is 5.60 Å². The van der Waals surface area contributed by atoms with E-state index in [0.717, 1.165) is 44.1 Å². The molecule has 0 aromatic heterocycles. The molecule has 124 valence electrons. The lowest BCUT2D eigenvalue weighted by Gasteiger charge is -2.52. The third-order valence-corrected chi connectivity index (χ3v) is 5.83. The summed E-state index contributed by atoms with van der Waals surface area (Å²) in [5.41, 5.74) is 0.446. The van der Waals surface area contributed by atoms with Crippen LogP contribution in [0.1, 0.15) is 59.3 Å². The lowest BCUT2D eigenvalue weighted by molar-refractivity contribution is -0.163. The lowest BCUT2D eigenvalue weighted by Crippen LogP contribution is -2.57. The summed E-state index contributed by atoms with van der Waals surface area (Å²) in [6.45, 7) is 6.52. The van der Waals surface area contributed by atoms with Crippen LogP contribution in [-0.4, -0.2) is 28.3 Å². The van der Waals surface area contributed by atoms with Crippen LogP contribution >= 0.6 is 24.0 Å². The van der Waals surface area contributed by atoms with Crippen LogP contribution in [0.4, 0.5) is 0 Å². The summed E-state index contributed by atoms with van der Waals surface area (Å²) in [5.74, 6) is -0.236. The van der Waals surface area contributed by atoms with Crippen LogP contribution in [0, 0.1) is 5.41 Å². The zero-order valence-corrected chi connectivity index (χ0v) is 15.6. The zero-order chi connectivity index (χ0) is 16.4. The number of hydrogen-bond acceptors (Lipinski definition) is 5. The number of hydrogen-bond donors (Lipinski definition) is 0. The first-order valence-corrected chi connectivity index (χ1v) is 9.69. The molecule has 1 aliphatic heterocycles. The summed E-state index contributed by atoms with van der Waals surface area (Å²) in [6, 6.07) is 0. The maximum atomic E-state index is 12.1. The van der Waals surface area contributed by atoms with Crippen molar-refractivity contribution in [2.24, 2.45) is 5.41 Å². The van der Waals surface area contributed by atoms with E-state index in [9.17, 15) is 4.79 Å². The Hall–Kier alpha value is -0.550. The van der Waals surface area contributed by atoms with Gasteiger partial charge in [-0.15, -0.1) is 0 Å². The molecule has 2 atom stereocenters. The maximum Gasteiger partial charge on any atom is 0.331 e. The van der Waals surface area contributed by atoms with Gasteiger partial charge in [-0.3, -0.25) is 0 Å². The molecule has 1 heterocycles. The molecule has 22 heavy (non-hydrogen) atoms.